The third kappa shape index (κ3) is 10.6. The second-order valence-electron chi connectivity index (χ2n) is 12.1. The Kier molecular flexibility index (Phi) is 12.3. The summed E-state index contributed by atoms with van der Waals surface area (Å²) >= 11 is 0. The number of nitrogens with two attached hydrogens (primary N) is 1. The molecular weight excluding hydrogens is 667 g/mol. The van der Waals surface area contributed by atoms with Gasteiger partial charge in [-0.1, -0.05) is 103 Å². The largest absolute Gasteiger partial charge is 0.368 e. The SMILES string of the molecule is NC(=O)[C@H](Cc1cnc[nH]1)NC(=O)[C@H](C/C=C/c1ccccc1)NC(=O)CP(=O)(O)C(Cc1ccccc1)NC(=O)c1ccc2ccccc2c1. The van der Waals surface area contributed by atoms with E-state index < -0.39 is 55.0 Å². The topological polar surface area (TPSA) is 196 Å². The van der Waals surface area contributed by atoms with Gasteiger partial charge in [0.1, 0.15) is 24.0 Å². The van der Waals surface area contributed by atoms with Crippen LogP contribution in [-0.2, 0) is 31.8 Å². The second-order valence-corrected chi connectivity index (χ2v) is 14.5. The van der Waals surface area contributed by atoms with Crippen LogP contribution < -0.4 is 21.7 Å². The molecule has 0 aliphatic carbocycles. The number of aromatic nitrogens is 2. The van der Waals surface area contributed by atoms with Gasteiger partial charge in [-0.2, -0.15) is 0 Å². The number of primary amides is 1. The first-order chi connectivity index (χ1) is 24.6. The Morgan fingerprint density at radius 3 is 2.20 bits per heavy atom. The van der Waals surface area contributed by atoms with E-state index in [2.05, 4.69) is 25.9 Å². The van der Waals surface area contributed by atoms with Crippen molar-refractivity contribution in [3.8, 4) is 0 Å². The standard InChI is InChI=1S/C38H39N6O6P/c39-36(46)33(22-31-23-40-25-41-31)43-38(48)32(17-9-14-26-10-3-1-4-11-26)42-34(45)24-51(49,50)35(20-27-12-5-2-6-13-27)44-37(47)30-19-18-28-15-7-8-16-29(28)21-30/h1-16,18-19,21,23,25,32-33,35H,17,20,22,24H2,(H2,39,46)(H,40,41)(H,42,45)(H,43,48)(H,44,47)(H,49,50)/b14-9+/t32-,33-,35?/m0/s1. The van der Waals surface area contributed by atoms with E-state index in [0.29, 0.717) is 11.3 Å². The van der Waals surface area contributed by atoms with Gasteiger partial charge < -0.3 is 31.6 Å². The Labute approximate surface area is 295 Å². The van der Waals surface area contributed by atoms with Crippen LogP contribution in [0.25, 0.3) is 16.8 Å². The predicted molar refractivity (Wildman–Crippen MR) is 195 cm³/mol. The Hall–Kier alpha value is -5.84. The van der Waals surface area contributed by atoms with Crippen LogP contribution in [0.15, 0.2) is 122 Å². The molecule has 0 aliphatic rings. The number of nitrogens with one attached hydrogen (secondary N) is 4. The normalized spacial score (nSPS) is 14.2. The Balaban J connectivity index is 1.34. The lowest BCUT2D eigenvalue weighted by molar-refractivity contribution is -0.130. The number of rotatable bonds is 16. The number of imidazole rings is 1. The molecule has 0 spiro atoms. The number of nitrogens with zero attached hydrogens (tertiary/aromatic N) is 1. The molecular formula is C38H39N6O6P. The quantitative estimate of drug-likeness (QED) is 0.0836. The highest BCUT2D eigenvalue weighted by Crippen LogP contribution is 2.46. The zero-order valence-corrected chi connectivity index (χ0v) is 28.5. The van der Waals surface area contributed by atoms with E-state index in [0.717, 1.165) is 16.3 Å². The highest BCUT2D eigenvalue weighted by atomic mass is 31.2. The van der Waals surface area contributed by atoms with Crippen molar-refractivity contribution in [1.29, 1.82) is 0 Å². The van der Waals surface area contributed by atoms with E-state index in [-0.39, 0.29) is 24.8 Å². The minimum absolute atomic E-state index is 0.0100. The lowest BCUT2D eigenvalue weighted by atomic mass is 10.1. The fourth-order valence-electron chi connectivity index (χ4n) is 5.50. The van der Waals surface area contributed by atoms with Crippen molar-refractivity contribution in [2.45, 2.75) is 37.1 Å². The van der Waals surface area contributed by atoms with Crippen LogP contribution in [0.4, 0.5) is 0 Å². The zero-order chi connectivity index (χ0) is 36.2. The third-order valence-electron chi connectivity index (χ3n) is 8.21. The molecule has 0 bridgehead atoms. The number of benzene rings is 4. The highest BCUT2D eigenvalue weighted by molar-refractivity contribution is 7.59. The summed E-state index contributed by atoms with van der Waals surface area (Å²) in [5.74, 6) is -4.31. The summed E-state index contributed by atoms with van der Waals surface area (Å²) in [7, 11) is -4.47. The fraction of sp³-hybridized carbons (Fsp3) is 0.184. The van der Waals surface area contributed by atoms with Gasteiger partial charge in [0.2, 0.25) is 25.1 Å². The molecule has 7 N–H and O–H groups in total. The maximum atomic E-state index is 14.0. The molecule has 0 radical (unpaired) electrons. The second kappa shape index (κ2) is 17.2. The van der Waals surface area contributed by atoms with Crippen molar-refractivity contribution in [3.05, 3.63) is 144 Å². The first-order valence-corrected chi connectivity index (χ1v) is 18.2. The maximum absolute atomic E-state index is 14.0. The number of amides is 4. The van der Waals surface area contributed by atoms with Crippen molar-refractivity contribution in [3.63, 3.8) is 0 Å². The first-order valence-electron chi connectivity index (χ1n) is 16.3. The summed E-state index contributed by atoms with van der Waals surface area (Å²) in [6.07, 6.45) is 5.46. The minimum Gasteiger partial charge on any atom is -0.368 e. The van der Waals surface area contributed by atoms with Crippen molar-refractivity contribution in [2.24, 2.45) is 5.73 Å². The summed E-state index contributed by atoms with van der Waals surface area (Å²) in [6, 6.07) is 28.4. The van der Waals surface area contributed by atoms with Crippen molar-refractivity contribution in [1.82, 2.24) is 25.9 Å². The fourth-order valence-corrected chi connectivity index (χ4v) is 7.04. The number of H-pyrrole nitrogens is 1. The maximum Gasteiger partial charge on any atom is 0.251 e. The summed E-state index contributed by atoms with van der Waals surface area (Å²) in [5, 5.41) is 9.61. The van der Waals surface area contributed by atoms with Crippen LogP contribution in [0, 0.1) is 0 Å². The molecule has 51 heavy (non-hydrogen) atoms. The van der Waals surface area contributed by atoms with Gasteiger partial charge >= 0.3 is 0 Å². The molecule has 1 aromatic heterocycles. The molecule has 0 fully saturated rings. The van der Waals surface area contributed by atoms with E-state index in [1.54, 1.807) is 60.7 Å². The number of carbonyl (C=O) groups is 4. The molecule has 262 valence electrons. The highest BCUT2D eigenvalue weighted by Gasteiger charge is 2.36. The Morgan fingerprint density at radius 2 is 1.51 bits per heavy atom. The summed E-state index contributed by atoms with van der Waals surface area (Å²) in [4.78, 5) is 70.9. The van der Waals surface area contributed by atoms with Crippen molar-refractivity contribution >= 4 is 47.8 Å². The molecule has 4 atom stereocenters. The average molecular weight is 707 g/mol. The molecule has 0 aliphatic heterocycles. The third-order valence-corrected chi connectivity index (χ3v) is 10.2. The Morgan fingerprint density at radius 1 is 0.824 bits per heavy atom. The van der Waals surface area contributed by atoms with Gasteiger partial charge in [-0.25, -0.2) is 4.98 Å². The van der Waals surface area contributed by atoms with E-state index in [1.807, 2.05) is 54.6 Å². The monoisotopic (exact) mass is 706 g/mol. The van der Waals surface area contributed by atoms with Crippen LogP contribution in [0.2, 0.25) is 0 Å². The van der Waals surface area contributed by atoms with Gasteiger partial charge in [-0.3, -0.25) is 23.7 Å². The molecule has 0 saturated heterocycles. The molecule has 0 saturated carbocycles. The van der Waals surface area contributed by atoms with Gasteiger partial charge in [-0.05, 0) is 40.5 Å². The van der Waals surface area contributed by atoms with Crippen LogP contribution in [0.3, 0.4) is 0 Å². The van der Waals surface area contributed by atoms with Crippen LogP contribution in [0.1, 0.15) is 33.6 Å². The van der Waals surface area contributed by atoms with E-state index in [1.165, 1.54) is 12.5 Å². The minimum atomic E-state index is -4.47. The summed E-state index contributed by atoms with van der Waals surface area (Å²) in [5.41, 5.74) is 7.94. The first kappa shape index (κ1) is 36.4. The van der Waals surface area contributed by atoms with Gasteiger partial charge in [-0.15, -0.1) is 0 Å². The van der Waals surface area contributed by atoms with Crippen LogP contribution >= 0.6 is 7.37 Å². The number of hydrogen-bond acceptors (Lipinski definition) is 6. The van der Waals surface area contributed by atoms with Gasteiger partial charge in [0, 0.05) is 30.3 Å². The molecule has 1 heterocycles. The number of carbonyl (C=O) groups excluding carboxylic acids is 4. The molecule has 4 amide bonds. The van der Waals surface area contributed by atoms with Crippen LogP contribution in [0.5, 0.6) is 0 Å². The smallest absolute Gasteiger partial charge is 0.251 e. The van der Waals surface area contributed by atoms with Crippen molar-refractivity contribution in [2.75, 3.05) is 6.16 Å². The van der Waals surface area contributed by atoms with E-state index in [9.17, 15) is 28.6 Å². The lowest BCUT2D eigenvalue weighted by Crippen LogP contribution is -2.54. The van der Waals surface area contributed by atoms with Crippen molar-refractivity contribution < 1.29 is 28.6 Å². The zero-order valence-electron chi connectivity index (χ0n) is 27.6. The molecule has 5 rings (SSSR count). The van der Waals surface area contributed by atoms with Crippen LogP contribution in [-0.4, -0.2) is 62.5 Å². The number of fused-ring (bicyclic) bond motifs is 1. The predicted octanol–water partition coefficient (Wildman–Crippen LogP) is 3.93. The van der Waals surface area contributed by atoms with Gasteiger partial charge in [0.25, 0.3) is 5.91 Å². The molecule has 4 aromatic carbocycles. The molecule has 2 unspecified atom stereocenters. The molecule has 12 nitrogen and oxygen atoms in total. The van der Waals surface area contributed by atoms with Gasteiger partial charge in [0.15, 0.2) is 0 Å². The lowest BCUT2D eigenvalue weighted by Gasteiger charge is -2.26. The number of hydrogen-bond donors (Lipinski definition) is 6. The Bertz CT molecular complexity index is 2040. The molecule has 13 heteroatoms. The summed E-state index contributed by atoms with van der Waals surface area (Å²) in [6.45, 7) is 0. The summed E-state index contributed by atoms with van der Waals surface area (Å²) < 4.78 is 14.0. The molecule has 5 aromatic rings. The van der Waals surface area contributed by atoms with E-state index >= 15 is 0 Å². The average Bonchev–Trinajstić information content (AvgIpc) is 3.64. The van der Waals surface area contributed by atoms with E-state index in [4.69, 9.17) is 5.73 Å². The van der Waals surface area contributed by atoms with Gasteiger partial charge in [0.05, 0.1) is 6.33 Å². The number of aromatic amines is 1.